The highest BCUT2D eigenvalue weighted by Gasteiger charge is 2.13. The van der Waals surface area contributed by atoms with E-state index in [0.717, 1.165) is 0 Å². The Labute approximate surface area is 108 Å². The van der Waals surface area contributed by atoms with Crippen molar-refractivity contribution in [3.8, 4) is 0 Å². The first kappa shape index (κ1) is 14.2. The molecule has 0 saturated heterocycles. The van der Waals surface area contributed by atoms with Crippen LogP contribution in [-0.4, -0.2) is 18.0 Å². The van der Waals surface area contributed by atoms with Crippen LogP contribution in [0, 0.1) is 0 Å². The van der Waals surface area contributed by atoms with Crippen LogP contribution in [0.4, 0.5) is 0 Å². The Morgan fingerprint density at radius 2 is 2.18 bits per heavy atom. The maximum atomic E-state index is 11.6. The smallest absolute Gasteiger partial charge is 0.221 e. The topological polar surface area (TPSA) is 41.1 Å². The van der Waals surface area contributed by atoms with E-state index >= 15 is 0 Å². The molecule has 0 fully saturated rings. The van der Waals surface area contributed by atoms with Gasteiger partial charge in [-0.1, -0.05) is 6.07 Å². The molecule has 0 aliphatic heterocycles. The molecule has 2 N–H and O–H groups in total. The minimum Gasteiger partial charge on any atom is -0.351 e. The molecule has 1 rings (SSSR count). The quantitative estimate of drug-likeness (QED) is 0.848. The van der Waals surface area contributed by atoms with Gasteiger partial charge in [-0.3, -0.25) is 4.79 Å². The Morgan fingerprint density at radius 3 is 2.71 bits per heavy atom. The van der Waals surface area contributed by atoms with E-state index in [1.165, 1.54) is 4.88 Å². The molecular weight excluding hydrogens is 232 g/mol. The molecule has 1 unspecified atom stereocenters. The van der Waals surface area contributed by atoms with Gasteiger partial charge in [-0.2, -0.15) is 0 Å². The summed E-state index contributed by atoms with van der Waals surface area (Å²) in [6.07, 6.45) is 0.521. The van der Waals surface area contributed by atoms with Crippen molar-refractivity contribution in [1.82, 2.24) is 10.6 Å². The predicted molar refractivity (Wildman–Crippen MR) is 73.2 cm³/mol. The van der Waals surface area contributed by atoms with Gasteiger partial charge in [0.05, 0.1) is 0 Å². The van der Waals surface area contributed by atoms with E-state index in [0.29, 0.717) is 19.0 Å². The SMILES string of the molecule is CC(NCCC(=O)NC(C)(C)C)c1cccs1. The van der Waals surface area contributed by atoms with E-state index in [1.807, 2.05) is 26.8 Å². The minimum atomic E-state index is -0.142. The van der Waals surface area contributed by atoms with Gasteiger partial charge in [0.25, 0.3) is 0 Å². The van der Waals surface area contributed by atoms with Crippen LogP contribution in [0.25, 0.3) is 0 Å². The molecule has 0 spiro atoms. The lowest BCUT2D eigenvalue weighted by Gasteiger charge is -2.21. The average molecular weight is 254 g/mol. The van der Waals surface area contributed by atoms with Gasteiger partial charge in [0.1, 0.15) is 0 Å². The zero-order valence-electron chi connectivity index (χ0n) is 11.0. The number of hydrogen-bond donors (Lipinski definition) is 2. The first-order chi connectivity index (χ1) is 7.88. The molecular formula is C13H22N2OS. The Balaban J connectivity index is 2.22. The van der Waals surface area contributed by atoms with Crippen LogP contribution in [0.3, 0.4) is 0 Å². The fourth-order valence-electron chi connectivity index (χ4n) is 1.52. The van der Waals surface area contributed by atoms with Crippen LogP contribution in [0.1, 0.15) is 45.0 Å². The fraction of sp³-hybridized carbons (Fsp3) is 0.615. The van der Waals surface area contributed by atoms with Gasteiger partial charge in [0.15, 0.2) is 0 Å². The van der Waals surface area contributed by atoms with Crippen LogP contribution in [-0.2, 0) is 4.79 Å². The molecule has 96 valence electrons. The molecule has 1 aromatic heterocycles. The number of carbonyl (C=O) groups is 1. The number of rotatable bonds is 5. The lowest BCUT2D eigenvalue weighted by molar-refractivity contribution is -0.122. The third-order valence-corrected chi connectivity index (χ3v) is 3.34. The molecule has 0 aliphatic carbocycles. The summed E-state index contributed by atoms with van der Waals surface area (Å²) in [6.45, 7) is 8.81. The molecule has 1 heterocycles. The van der Waals surface area contributed by atoms with Gasteiger partial charge in [-0.25, -0.2) is 0 Å². The lowest BCUT2D eigenvalue weighted by atomic mass is 10.1. The molecule has 0 saturated carbocycles. The van der Waals surface area contributed by atoms with Gasteiger partial charge in [-0.05, 0) is 39.1 Å². The normalized spacial score (nSPS) is 13.4. The summed E-state index contributed by atoms with van der Waals surface area (Å²) in [7, 11) is 0. The number of carbonyl (C=O) groups excluding carboxylic acids is 1. The molecule has 1 amide bonds. The standard InChI is InChI=1S/C13H22N2OS/c1-10(11-6-5-9-17-11)14-8-7-12(16)15-13(2,3)4/h5-6,9-10,14H,7-8H2,1-4H3,(H,15,16). The van der Waals surface area contributed by atoms with E-state index in [1.54, 1.807) is 11.3 Å². The zero-order chi connectivity index (χ0) is 12.9. The summed E-state index contributed by atoms with van der Waals surface area (Å²) in [6, 6.07) is 4.47. The summed E-state index contributed by atoms with van der Waals surface area (Å²) in [5, 5.41) is 8.37. The van der Waals surface area contributed by atoms with Crippen molar-refractivity contribution in [3.63, 3.8) is 0 Å². The second-order valence-corrected chi connectivity index (χ2v) is 6.22. The van der Waals surface area contributed by atoms with Crippen molar-refractivity contribution in [1.29, 1.82) is 0 Å². The van der Waals surface area contributed by atoms with Crippen LogP contribution in [0.2, 0.25) is 0 Å². The van der Waals surface area contributed by atoms with Gasteiger partial charge < -0.3 is 10.6 Å². The maximum absolute atomic E-state index is 11.6. The van der Waals surface area contributed by atoms with Gasteiger partial charge in [0.2, 0.25) is 5.91 Å². The minimum absolute atomic E-state index is 0.100. The van der Waals surface area contributed by atoms with Gasteiger partial charge in [-0.15, -0.1) is 11.3 Å². The molecule has 0 aliphatic rings. The van der Waals surface area contributed by atoms with Crippen molar-refractivity contribution < 1.29 is 4.79 Å². The Kier molecular flexibility index (Phi) is 5.15. The summed E-state index contributed by atoms with van der Waals surface area (Å²) >= 11 is 1.74. The molecule has 4 heteroatoms. The zero-order valence-corrected chi connectivity index (χ0v) is 11.9. The summed E-state index contributed by atoms with van der Waals surface area (Å²) in [5.74, 6) is 0.100. The van der Waals surface area contributed by atoms with Crippen molar-refractivity contribution in [2.75, 3.05) is 6.54 Å². The first-order valence-corrected chi connectivity index (χ1v) is 6.84. The van der Waals surface area contributed by atoms with E-state index < -0.39 is 0 Å². The third kappa shape index (κ3) is 5.84. The Bertz CT molecular complexity index is 341. The molecule has 3 nitrogen and oxygen atoms in total. The second kappa shape index (κ2) is 6.17. The number of hydrogen-bond acceptors (Lipinski definition) is 3. The van der Waals surface area contributed by atoms with E-state index in [2.05, 4.69) is 29.0 Å². The number of nitrogens with one attached hydrogen (secondary N) is 2. The number of thiophene rings is 1. The lowest BCUT2D eigenvalue weighted by Crippen LogP contribution is -2.41. The van der Waals surface area contributed by atoms with Crippen molar-refractivity contribution in [2.24, 2.45) is 0 Å². The van der Waals surface area contributed by atoms with E-state index in [9.17, 15) is 4.79 Å². The Hall–Kier alpha value is -0.870. The highest BCUT2D eigenvalue weighted by atomic mass is 32.1. The molecule has 17 heavy (non-hydrogen) atoms. The largest absolute Gasteiger partial charge is 0.351 e. The molecule has 0 aromatic carbocycles. The first-order valence-electron chi connectivity index (χ1n) is 5.96. The molecule has 0 radical (unpaired) electrons. The van der Waals surface area contributed by atoms with Crippen LogP contribution in [0.5, 0.6) is 0 Å². The maximum Gasteiger partial charge on any atom is 0.221 e. The average Bonchev–Trinajstić information content (AvgIpc) is 2.66. The second-order valence-electron chi connectivity index (χ2n) is 5.24. The van der Waals surface area contributed by atoms with Crippen molar-refractivity contribution >= 4 is 17.2 Å². The molecule has 1 aromatic rings. The van der Waals surface area contributed by atoms with E-state index in [4.69, 9.17) is 0 Å². The fourth-order valence-corrected chi connectivity index (χ4v) is 2.28. The van der Waals surface area contributed by atoms with Gasteiger partial charge >= 0.3 is 0 Å². The van der Waals surface area contributed by atoms with Crippen LogP contribution in [0.15, 0.2) is 17.5 Å². The summed E-state index contributed by atoms with van der Waals surface area (Å²) < 4.78 is 0. The highest BCUT2D eigenvalue weighted by Crippen LogP contribution is 2.17. The van der Waals surface area contributed by atoms with Gasteiger partial charge in [0, 0.05) is 29.4 Å². The molecule has 0 bridgehead atoms. The molecule has 1 atom stereocenters. The van der Waals surface area contributed by atoms with Crippen LogP contribution < -0.4 is 10.6 Å². The van der Waals surface area contributed by atoms with E-state index in [-0.39, 0.29) is 11.4 Å². The highest BCUT2D eigenvalue weighted by molar-refractivity contribution is 7.10. The van der Waals surface area contributed by atoms with Crippen molar-refractivity contribution in [2.45, 2.75) is 45.7 Å². The monoisotopic (exact) mass is 254 g/mol. The Morgan fingerprint density at radius 1 is 1.47 bits per heavy atom. The van der Waals surface area contributed by atoms with Crippen molar-refractivity contribution in [3.05, 3.63) is 22.4 Å². The number of amides is 1. The van der Waals surface area contributed by atoms with Crippen LogP contribution >= 0.6 is 11.3 Å². The predicted octanol–water partition coefficient (Wildman–Crippen LogP) is 2.70. The summed E-state index contributed by atoms with van der Waals surface area (Å²) in [5.41, 5.74) is -0.142. The summed E-state index contributed by atoms with van der Waals surface area (Å²) in [4.78, 5) is 12.9. The third-order valence-electron chi connectivity index (χ3n) is 2.29.